The molecule has 34 heavy (non-hydrogen) atoms. The van der Waals surface area contributed by atoms with E-state index in [-0.39, 0.29) is 47.4 Å². The van der Waals surface area contributed by atoms with Gasteiger partial charge in [0.05, 0.1) is 5.56 Å². The molecule has 4 rings (SSSR count). The average Bonchev–Trinajstić information content (AvgIpc) is 2.78. The van der Waals surface area contributed by atoms with E-state index < -0.39 is 40.0 Å². The smallest absolute Gasteiger partial charge is 0.256 e. The van der Waals surface area contributed by atoms with Gasteiger partial charge in [0, 0.05) is 35.9 Å². The molecule has 2 aromatic heterocycles. The van der Waals surface area contributed by atoms with Gasteiger partial charge in [-0.2, -0.15) is 0 Å². The van der Waals surface area contributed by atoms with Gasteiger partial charge in [-0.15, -0.1) is 0 Å². The maximum Gasteiger partial charge on any atom is 0.256 e. The molecule has 0 aliphatic rings. The molecule has 0 aliphatic heterocycles. The molecule has 11 nitrogen and oxygen atoms in total. The summed E-state index contributed by atoms with van der Waals surface area (Å²) in [6.45, 7) is 0.0929. The minimum Gasteiger partial charge on any atom is -0.504 e. The summed E-state index contributed by atoms with van der Waals surface area (Å²) >= 11 is 0. The van der Waals surface area contributed by atoms with Crippen LogP contribution < -0.4 is 16.4 Å². The third kappa shape index (κ3) is 4.26. The Hall–Kier alpha value is -4.80. The average molecular weight is 465 g/mol. The second-order valence-corrected chi connectivity index (χ2v) is 7.52. The van der Waals surface area contributed by atoms with Gasteiger partial charge in [-0.1, -0.05) is 0 Å². The molecule has 0 aliphatic carbocycles. The second-order valence-electron chi connectivity index (χ2n) is 7.52. The predicted octanol–water partition coefficient (Wildman–Crippen LogP) is 2.35. The molecule has 7 N–H and O–H groups in total. The van der Waals surface area contributed by atoms with Crippen molar-refractivity contribution < 1.29 is 38.8 Å². The minimum absolute atomic E-state index is 0.00579. The van der Waals surface area contributed by atoms with Crippen LogP contribution in [0.4, 0.5) is 0 Å². The van der Waals surface area contributed by atoms with Crippen LogP contribution in [0.5, 0.6) is 23.0 Å². The molecular weight excluding hydrogens is 446 g/mol. The van der Waals surface area contributed by atoms with Crippen LogP contribution in [0.25, 0.3) is 21.9 Å². The number of phenols is 4. The molecule has 2 aromatic carbocycles. The fraction of sp³-hybridized carbons (Fsp3) is 0.130. The van der Waals surface area contributed by atoms with Crippen LogP contribution in [0.2, 0.25) is 0 Å². The standard InChI is InChI=1S/C23H19N3O8/c24-21-12(4-10-6-15(28)17(30)8-19(10)33-21)14(27)2-1-3-26-23(32)13-5-11-7-16(29)18(31)9-20(11)34-22(13)25/h4-9,24-25,28-31H,1-3H2,(H,26,32). The lowest BCUT2D eigenvalue weighted by Crippen LogP contribution is -2.29. The third-order valence-electron chi connectivity index (χ3n) is 5.14. The normalized spacial score (nSPS) is 11.1. The predicted molar refractivity (Wildman–Crippen MR) is 117 cm³/mol. The van der Waals surface area contributed by atoms with Crippen LogP contribution in [-0.4, -0.2) is 38.7 Å². The Morgan fingerprint density at radius 3 is 1.76 bits per heavy atom. The number of phenolic OH excluding ortho intramolecular Hbond substituents is 4. The lowest BCUT2D eigenvalue weighted by molar-refractivity contribution is 0.0933. The molecule has 0 unspecified atom stereocenters. The highest BCUT2D eigenvalue weighted by Crippen LogP contribution is 2.30. The molecular formula is C23H19N3O8. The first-order valence-electron chi connectivity index (χ1n) is 10.0. The Bertz CT molecular complexity index is 1470. The van der Waals surface area contributed by atoms with Crippen LogP contribution in [0.15, 0.2) is 45.2 Å². The first-order chi connectivity index (χ1) is 16.1. The summed E-state index contributed by atoms with van der Waals surface area (Å²) in [6.07, 6.45) is 0.218. The van der Waals surface area contributed by atoms with Crippen molar-refractivity contribution in [2.75, 3.05) is 6.54 Å². The number of benzene rings is 2. The molecule has 0 atom stereocenters. The summed E-state index contributed by atoms with van der Waals surface area (Å²) in [5, 5.41) is 57.4. The molecule has 0 saturated heterocycles. The summed E-state index contributed by atoms with van der Waals surface area (Å²) in [5.41, 5.74) is -0.658. The zero-order chi connectivity index (χ0) is 24.6. The van der Waals surface area contributed by atoms with E-state index >= 15 is 0 Å². The van der Waals surface area contributed by atoms with Crippen LogP contribution >= 0.6 is 0 Å². The van der Waals surface area contributed by atoms with Crippen molar-refractivity contribution in [3.8, 4) is 23.0 Å². The topological polar surface area (TPSA) is 201 Å². The highest BCUT2D eigenvalue weighted by Gasteiger charge is 2.15. The van der Waals surface area contributed by atoms with E-state index in [9.17, 15) is 30.0 Å². The number of hydrogen-bond acceptors (Lipinski definition) is 10. The molecule has 0 saturated carbocycles. The highest BCUT2D eigenvalue weighted by atomic mass is 16.3. The first kappa shape index (κ1) is 22.4. The van der Waals surface area contributed by atoms with Gasteiger partial charge in [0.25, 0.3) is 5.91 Å². The van der Waals surface area contributed by atoms with Crippen molar-refractivity contribution in [1.29, 1.82) is 10.8 Å². The summed E-state index contributed by atoms with van der Waals surface area (Å²) in [5.74, 6) is -2.63. The molecule has 4 aromatic rings. The second kappa shape index (κ2) is 8.62. The molecule has 0 radical (unpaired) electrons. The minimum atomic E-state index is -0.618. The Balaban J connectivity index is 1.41. The van der Waals surface area contributed by atoms with Crippen molar-refractivity contribution in [2.24, 2.45) is 0 Å². The molecule has 2 heterocycles. The van der Waals surface area contributed by atoms with Crippen LogP contribution in [0, 0.1) is 10.8 Å². The Morgan fingerprint density at radius 1 is 0.735 bits per heavy atom. The first-order valence-corrected chi connectivity index (χ1v) is 10.0. The van der Waals surface area contributed by atoms with E-state index in [1.165, 1.54) is 24.3 Å². The van der Waals surface area contributed by atoms with E-state index in [1.54, 1.807) is 0 Å². The Kier molecular flexibility index (Phi) is 5.68. The van der Waals surface area contributed by atoms with Gasteiger partial charge in [-0.3, -0.25) is 20.4 Å². The van der Waals surface area contributed by atoms with Crippen LogP contribution in [-0.2, 0) is 0 Å². The Morgan fingerprint density at radius 2 is 1.21 bits per heavy atom. The van der Waals surface area contributed by atoms with E-state index in [1.807, 2.05) is 0 Å². The number of aromatic hydroxyl groups is 4. The molecule has 0 bridgehead atoms. The number of fused-ring (bicyclic) bond motifs is 2. The van der Waals surface area contributed by atoms with Gasteiger partial charge < -0.3 is 34.6 Å². The van der Waals surface area contributed by atoms with E-state index in [2.05, 4.69) is 5.32 Å². The van der Waals surface area contributed by atoms with Gasteiger partial charge in [-0.25, -0.2) is 0 Å². The number of rotatable bonds is 6. The van der Waals surface area contributed by atoms with E-state index in [0.29, 0.717) is 10.8 Å². The van der Waals surface area contributed by atoms with Gasteiger partial charge in [0.2, 0.25) is 11.1 Å². The molecule has 0 spiro atoms. The third-order valence-corrected chi connectivity index (χ3v) is 5.14. The number of Topliss-reactive ketones (excluding diaryl/α,β-unsaturated/α-hetero) is 1. The largest absolute Gasteiger partial charge is 0.504 e. The maximum atomic E-state index is 12.5. The van der Waals surface area contributed by atoms with Gasteiger partial charge in [0.15, 0.2) is 28.8 Å². The zero-order valence-electron chi connectivity index (χ0n) is 17.5. The van der Waals surface area contributed by atoms with E-state index in [4.69, 9.17) is 19.7 Å². The lowest BCUT2D eigenvalue weighted by Gasteiger charge is -2.07. The van der Waals surface area contributed by atoms with Crippen LogP contribution in [0.1, 0.15) is 33.6 Å². The van der Waals surface area contributed by atoms with Gasteiger partial charge >= 0.3 is 0 Å². The van der Waals surface area contributed by atoms with Crippen molar-refractivity contribution in [2.45, 2.75) is 12.8 Å². The SMILES string of the molecule is N=c1oc2cc(O)c(O)cc2cc1C(=O)CCCNC(=O)c1cc2cc(O)c(O)cc2oc1=N. The summed E-state index contributed by atoms with van der Waals surface area (Å²) in [7, 11) is 0. The van der Waals surface area contributed by atoms with Gasteiger partial charge in [0.1, 0.15) is 16.7 Å². The number of carbonyl (C=O) groups excluding carboxylic acids is 2. The number of hydrogen-bond donors (Lipinski definition) is 7. The molecule has 11 heteroatoms. The van der Waals surface area contributed by atoms with Crippen molar-refractivity contribution >= 4 is 33.6 Å². The molecule has 0 fully saturated rings. The summed E-state index contributed by atoms with van der Waals surface area (Å²) in [6, 6.07) is 7.44. The fourth-order valence-electron chi connectivity index (χ4n) is 3.38. The number of carbonyl (C=O) groups is 2. The van der Waals surface area contributed by atoms with Gasteiger partial charge in [-0.05, 0) is 30.7 Å². The van der Waals surface area contributed by atoms with Crippen molar-refractivity contribution in [3.05, 3.63) is 58.6 Å². The van der Waals surface area contributed by atoms with Crippen molar-refractivity contribution in [1.82, 2.24) is 5.32 Å². The quantitative estimate of drug-likeness (QED) is 0.128. The van der Waals surface area contributed by atoms with Crippen LogP contribution in [0.3, 0.4) is 0 Å². The highest BCUT2D eigenvalue weighted by molar-refractivity contribution is 5.99. The monoisotopic (exact) mass is 465 g/mol. The van der Waals surface area contributed by atoms with Crippen molar-refractivity contribution in [3.63, 3.8) is 0 Å². The molecule has 1 amide bonds. The fourth-order valence-corrected chi connectivity index (χ4v) is 3.38. The lowest BCUT2D eigenvalue weighted by atomic mass is 10.1. The number of ketones is 1. The number of nitrogens with one attached hydrogen (secondary N) is 3. The zero-order valence-corrected chi connectivity index (χ0v) is 17.5. The summed E-state index contributed by atoms with van der Waals surface area (Å²) < 4.78 is 10.5. The Labute approximate surface area is 190 Å². The maximum absolute atomic E-state index is 12.5. The number of amides is 1. The van der Waals surface area contributed by atoms with E-state index in [0.717, 1.165) is 12.1 Å². The molecule has 174 valence electrons. The summed E-state index contributed by atoms with van der Waals surface area (Å²) in [4.78, 5) is 25.0.